The van der Waals surface area contributed by atoms with Gasteiger partial charge in [-0.15, -0.1) is 0 Å². The smallest absolute Gasteiger partial charge is 0.449 e. The average Bonchev–Trinajstić information content (AvgIpc) is 3.42. The van der Waals surface area contributed by atoms with E-state index in [1.807, 2.05) is 11.8 Å². The molecule has 1 aliphatic carbocycles. The van der Waals surface area contributed by atoms with Gasteiger partial charge in [0.2, 0.25) is 5.43 Å². The summed E-state index contributed by atoms with van der Waals surface area (Å²) in [6.45, 7) is 3.90. The van der Waals surface area contributed by atoms with Crippen molar-refractivity contribution in [1.82, 2.24) is 9.88 Å². The number of carboxylic acid groups (broad SMARTS) is 1. The van der Waals surface area contributed by atoms with Crippen LogP contribution in [0.2, 0.25) is 5.02 Å². The molecule has 1 saturated heterocycles. The number of benzene rings is 1. The summed E-state index contributed by atoms with van der Waals surface area (Å²) in [7, 11) is 0. The zero-order valence-corrected chi connectivity index (χ0v) is 15.4. The largest absolute Gasteiger partial charge is 0.511 e. The third kappa shape index (κ3) is 3.23. The zero-order valence-electron chi connectivity index (χ0n) is 14.7. The third-order valence-electron chi connectivity index (χ3n) is 4.97. The molecule has 0 radical (unpaired) electrons. The van der Waals surface area contributed by atoms with E-state index in [-0.39, 0.29) is 39.4 Å². The van der Waals surface area contributed by atoms with Crippen LogP contribution in [0.4, 0.5) is 14.9 Å². The Hall–Kier alpha value is -2.32. The van der Waals surface area contributed by atoms with Gasteiger partial charge in [0, 0.05) is 31.7 Å². The molecule has 9 heteroatoms. The molecule has 2 heterocycles. The molecule has 2 N–H and O–H groups in total. The number of nitrogens with zero attached hydrogens (tertiary/aromatic N) is 2. The van der Waals surface area contributed by atoms with Crippen molar-refractivity contribution in [3.63, 3.8) is 0 Å². The number of pyridine rings is 1. The maximum absolute atomic E-state index is 15.6. The number of hydrogen-bond acceptors (Lipinski definition) is 5. The predicted octanol–water partition coefficient (Wildman–Crippen LogP) is 2.98. The van der Waals surface area contributed by atoms with Crippen LogP contribution in [0, 0.1) is 5.82 Å². The summed E-state index contributed by atoms with van der Waals surface area (Å²) in [6.07, 6.45) is 1.35. The number of carbonyl (C=O) groups is 1. The van der Waals surface area contributed by atoms with Crippen LogP contribution in [0.25, 0.3) is 10.9 Å². The third-order valence-corrected chi connectivity index (χ3v) is 5.26. The van der Waals surface area contributed by atoms with Gasteiger partial charge in [-0.2, -0.15) is 0 Å². The molecule has 0 bridgehead atoms. The lowest BCUT2D eigenvalue weighted by molar-refractivity contribution is 0.143. The highest BCUT2D eigenvalue weighted by Crippen LogP contribution is 2.41. The molecule has 27 heavy (non-hydrogen) atoms. The highest BCUT2D eigenvalue weighted by Gasteiger charge is 2.31. The number of ether oxygens (including phenoxy) is 1. The number of rotatable bonds is 3. The summed E-state index contributed by atoms with van der Waals surface area (Å²) < 4.78 is 21.8. The Kier molecular flexibility index (Phi) is 4.47. The van der Waals surface area contributed by atoms with Crippen LogP contribution in [0.15, 0.2) is 17.1 Å². The van der Waals surface area contributed by atoms with E-state index in [1.165, 1.54) is 12.3 Å². The number of fused-ring (bicyclic) bond motifs is 1. The first-order valence-electron chi connectivity index (χ1n) is 8.82. The monoisotopic (exact) mass is 395 g/mol. The van der Waals surface area contributed by atoms with Crippen molar-refractivity contribution in [2.24, 2.45) is 0 Å². The van der Waals surface area contributed by atoms with Gasteiger partial charge in [-0.3, -0.25) is 4.79 Å². The van der Waals surface area contributed by atoms with E-state index in [0.29, 0.717) is 19.6 Å². The minimum Gasteiger partial charge on any atom is -0.449 e. The van der Waals surface area contributed by atoms with Gasteiger partial charge in [-0.05, 0) is 25.8 Å². The van der Waals surface area contributed by atoms with Crippen LogP contribution in [0.1, 0.15) is 25.8 Å². The van der Waals surface area contributed by atoms with Crippen LogP contribution in [0.3, 0.4) is 0 Å². The lowest BCUT2D eigenvalue weighted by Crippen LogP contribution is -2.49. The van der Waals surface area contributed by atoms with E-state index < -0.39 is 17.4 Å². The number of halogens is 2. The number of anilines is 1. The van der Waals surface area contributed by atoms with Crippen molar-refractivity contribution >= 4 is 34.3 Å². The van der Waals surface area contributed by atoms with E-state index >= 15 is 4.39 Å². The van der Waals surface area contributed by atoms with Gasteiger partial charge in [0.05, 0.1) is 27.8 Å². The van der Waals surface area contributed by atoms with Crippen LogP contribution in [-0.2, 0) is 0 Å². The molecule has 0 spiro atoms. The van der Waals surface area contributed by atoms with E-state index in [2.05, 4.69) is 10.1 Å². The normalized spacial score (nSPS) is 20.1. The first-order chi connectivity index (χ1) is 12.9. The Morgan fingerprint density at radius 1 is 1.44 bits per heavy atom. The van der Waals surface area contributed by atoms with Crippen molar-refractivity contribution in [3.8, 4) is 5.75 Å². The van der Waals surface area contributed by atoms with Crippen molar-refractivity contribution in [2.75, 3.05) is 24.5 Å². The minimum absolute atomic E-state index is 0.00900. The molecular formula is C18H19ClFN3O4. The van der Waals surface area contributed by atoms with Crippen molar-refractivity contribution in [1.29, 1.82) is 0 Å². The molecular weight excluding hydrogens is 377 g/mol. The molecule has 2 fully saturated rings. The Bertz CT molecular complexity index is 989. The summed E-state index contributed by atoms with van der Waals surface area (Å²) in [5, 5.41) is 12.3. The molecule has 144 valence electrons. The fraction of sp³-hybridized carbons (Fsp3) is 0.444. The van der Waals surface area contributed by atoms with Crippen molar-refractivity contribution in [3.05, 3.63) is 33.3 Å². The number of hydrogen-bond donors (Lipinski definition) is 2. The molecule has 1 aliphatic heterocycles. The van der Waals surface area contributed by atoms with E-state index in [9.17, 15) is 9.59 Å². The molecule has 1 atom stereocenters. The van der Waals surface area contributed by atoms with Gasteiger partial charge >= 0.3 is 6.16 Å². The highest BCUT2D eigenvalue weighted by molar-refractivity contribution is 6.34. The van der Waals surface area contributed by atoms with Gasteiger partial charge in [0.15, 0.2) is 11.6 Å². The highest BCUT2D eigenvalue weighted by atomic mass is 35.5. The quantitative estimate of drug-likeness (QED) is 0.777. The number of piperazine rings is 1. The summed E-state index contributed by atoms with van der Waals surface area (Å²) in [5.41, 5.74) is -0.269. The molecule has 1 aromatic heterocycles. The van der Waals surface area contributed by atoms with E-state index in [1.54, 1.807) is 4.57 Å². The molecule has 2 aromatic rings. The van der Waals surface area contributed by atoms with E-state index in [0.717, 1.165) is 12.8 Å². The van der Waals surface area contributed by atoms with Crippen LogP contribution < -0.4 is 20.4 Å². The molecule has 0 amide bonds. The first-order valence-corrected chi connectivity index (χ1v) is 9.20. The Balaban J connectivity index is 1.95. The molecule has 4 rings (SSSR count). The average molecular weight is 396 g/mol. The van der Waals surface area contributed by atoms with Crippen LogP contribution in [0.5, 0.6) is 5.75 Å². The van der Waals surface area contributed by atoms with Gasteiger partial charge in [0.25, 0.3) is 0 Å². The molecule has 7 nitrogen and oxygen atoms in total. The second-order valence-corrected chi connectivity index (χ2v) is 7.45. The fourth-order valence-corrected chi connectivity index (χ4v) is 3.95. The summed E-state index contributed by atoms with van der Waals surface area (Å²) >= 11 is 6.36. The second kappa shape index (κ2) is 6.69. The van der Waals surface area contributed by atoms with Gasteiger partial charge in [-0.1, -0.05) is 11.6 Å². The minimum atomic E-state index is -1.59. The zero-order chi connectivity index (χ0) is 19.3. The topological polar surface area (TPSA) is 83.8 Å². The van der Waals surface area contributed by atoms with E-state index in [4.69, 9.17) is 16.7 Å². The van der Waals surface area contributed by atoms with Crippen LogP contribution >= 0.6 is 11.6 Å². The van der Waals surface area contributed by atoms with Crippen molar-refractivity contribution < 1.29 is 19.0 Å². The Labute approximate surface area is 159 Å². The number of nitrogens with one attached hydrogen (secondary N) is 1. The van der Waals surface area contributed by atoms with Crippen molar-refractivity contribution in [2.45, 2.75) is 31.8 Å². The molecule has 2 aliphatic rings. The maximum atomic E-state index is 15.6. The summed E-state index contributed by atoms with van der Waals surface area (Å²) in [4.78, 5) is 25.4. The lowest BCUT2D eigenvalue weighted by atomic mass is 10.1. The maximum Gasteiger partial charge on any atom is 0.511 e. The van der Waals surface area contributed by atoms with Crippen LogP contribution in [-0.4, -0.2) is 41.5 Å². The van der Waals surface area contributed by atoms with Gasteiger partial charge in [0.1, 0.15) is 0 Å². The SMILES string of the molecule is CC1CN(c2c(Cl)cc3c(=O)c(OC(=O)O)cn(C4CC4)c3c2F)CCN1. The predicted molar refractivity (Wildman–Crippen MR) is 99.8 cm³/mol. The standard InChI is InChI=1S/C18H19ClFN3O4/c1-9-7-22(5-4-21-9)16-12(19)6-11-15(14(16)20)23(10-2-3-10)8-13(17(11)24)27-18(25)26/h6,8-10,21H,2-5,7H2,1H3,(H,25,26). The summed E-state index contributed by atoms with van der Waals surface area (Å²) in [6, 6.07) is 1.61. The second-order valence-electron chi connectivity index (χ2n) is 7.05. The lowest BCUT2D eigenvalue weighted by Gasteiger charge is -2.34. The fourth-order valence-electron chi connectivity index (χ4n) is 3.64. The number of aromatic nitrogens is 1. The Morgan fingerprint density at radius 2 is 2.19 bits per heavy atom. The van der Waals surface area contributed by atoms with Gasteiger partial charge in [-0.25, -0.2) is 9.18 Å². The first kappa shape index (κ1) is 18.1. The molecule has 1 saturated carbocycles. The molecule has 1 unspecified atom stereocenters. The van der Waals surface area contributed by atoms with Gasteiger partial charge < -0.3 is 24.6 Å². The Morgan fingerprint density at radius 3 is 2.81 bits per heavy atom. The summed E-state index contributed by atoms with van der Waals surface area (Å²) in [5.74, 6) is -0.904. The molecule has 1 aromatic carbocycles.